The van der Waals surface area contributed by atoms with Crippen LogP contribution in [0.15, 0.2) is 23.2 Å². The highest BCUT2D eigenvalue weighted by Gasteiger charge is 2.05. The summed E-state index contributed by atoms with van der Waals surface area (Å²) in [4.78, 5) is 4.08. The summed E-state index contributed by atoms with van der Waals surface area (Å²) >= 11 is 0. The maximum Gasteiger partial charge on any atom is 0.193 e. The van der Waals surface area contributed by atoms with Crippen LogP contribution in [0.3, 0.4) is 0 Å². The van der Waals surface area contributed by atoms with Crippen LogP contribution in [-0.4, -0.2) is 26.7 Å². The molecule has 0 bridgehead atoms. The fourth-order valence-corrected chi connectivity index (χ4v) is 1.33. The van der Waals surface area contributed by atoms with Crippen LogP contribution in [-0.2, 0) is 0 Å². The van der Waals surface area contributed by atoms with E-state index in [2.05, 4.69) is 16.2 Å². The van der Waals surface area contributed by atoms with Crippen molar-refractivity contribution in [2.45, 2.75) is 6.42 Å². The molecule has 0 radical (unpaired) electrons. The fourth-order valence-electron chi connectivity index (χ4n) is 1.33. The number of anilines is 1. The number of terminal acetylenes is 1. The molecule has 3 N–H and O–H groups in total. The normalized spacial score (nSPS) is 10.1. The van der Waals surface area contributed by atoms with E-state index < -0.39 is 0 Å². The average Bonchev–Trinajstić information content (AvgIpc) is 2.39. The molecule has 0 heterocycles. The zero-order chi connectivity index (χ0) is 13.4. The molecule has 0 saturated heterocycles. The largest absolute Gasteiger partial charge is 0.497 e. The van der Waals surface area contributed by atoms with E-state index in [0.717, 1.165) is 0 Å². The van der Waals surface area contributed by atoms with Crippen molar-refractivity contribution in [3.63, 3.8) is 0 Å². The number of nitrogens with two attached hydrogens (primary N) is 1. The van der Waals surface area contributed by atoms with Crippen LogP contribution in [0.5, 0.6) is 11.5 Å². The average molecular weight is 375 g/mol. The predicted molar refractivity (Wildman–Crippen MR) is 88.5 cm³/mol. The van der Waals surface area contributed by atoms with E-state index in [1.54, 1.807) is 32.4 Å². The Morgan fingerprint density at radius 1 is 1.42 bits per heavy atom. The van der Waals surface area contributed by atoms with Crippen LogP contribution in [0.2, 0.25) is 0 Å². The number of methoxy groups -OCH3 is 2. The molecule has 0 unspecified atom stereocenters. The first-order valence-electron chi connectivity index (χ1n) is 5.43. The number of nitrogens with one attached hydrogen (secondary N) is 1. The van der Waals surface area contributed by atoms with Gasteiger partial charge in [-0.15, -0.1) is 36.3 Å². The Morgan fingerprint density at radius 3 is 2.74 bits per heavy atom. The summed E-state index contributed by atoms with van der Waals surface area (Å²) in [6.07, 6.45) is 5.69. The van der Waals surface area contributed by atoms with Gasteiger partial charge in [-0.25, -0.2) is 0 Å². The highest BCUT2D eigenvalue weighted by Crippen LogP contribution is 2.28. The number of guanidine groups is 1. The van der Waals surface area contributed by atoms with Crippen molar-refractivity contribution in [1.29, 1.82) is 0 Å². The van der Waals surface area contributed by atoms with Gasteiger partial charge in [0.25, 0.3) is 0 Å². The van der Waals surface area contributed by atoms with Gasteiger partial charge in [0.15, 0.2) is 5.96 Å². The van der Waals surface area contributed by atoms with Crippen molar-refractivity contribution in [2.24, 2.45) is 10.7 Å². The summed E-state index contributed by atoms with van der Waals surface area (Å²) in [5.74, 6) is 4.14. The lowest BCUT2D eigenvalue weighted by atomic mass is 10.2. The first kappa shape index (κ1) is 17.4. The number of hydrogen-bond acceptors (Lipinski definition) is 3. The van der Waals surface area contributed by atoms with Crippen molar-refractivity contribution in [3.8, 4) is 23.8 Å². The van der Waals surface area contributed by atoms with Gasteiger partial charge < -0.3 is 20.5 Å². The molecule has 104 valence electrons. The van der Waals surface area contributed by atoms with Gasteiger partial charge in [0.05, 0.1) is 26.5 Å². The molecule has 1 aromatic carbocycles. The summed E-state index contributed by atoms with van der Waals surface area (Å²) in [5.41, 5.74) is 6.43. The maximum atomic E-state index is 5.74. The third-order valence-corrected chi connectivity index (χ3v) is 2.21. The Kier molecular flexibility index (Phi) is 8.53. The van der Waals surface area contributed by atoms with Crippen LogP contribution in [0.25, 0.3) is 0 Å². The van der Waals surface area contributed by atoms with Crippen LogP contribution in [0.4, 0.5) is 5.69 Å². The van der Waals surface area contributed by atoms with Crippen molar-refractivity contribution in [1.82, 2.24) is 0 Å². The minimum Gasteiger partial charge on any atom is -0.497 e. The van der Waals surface area contributed by atoms with Crippen LogP contribution in [0.1, 0.15) is 6.42 Å². The summed E-state index contributed by atoms with van der Waals surface area (Å²) in [7, 11) is 3.18. The second kappa shape index (κ2) is 9.33. The molecule has 0 atom stereocenters. The lowest BCUT2D eigenvalue weighted by Crippen LogP contribution is -2.23. The zero-order valence-corrected chi connectivity index (χ0v) is 13.3. The summed E-state index contributed by atoms with van der Waals surface area (Å²) in [5, 5.41) is 2.95. The Hall–Kier alpha value is -1.62. The SMILES string of the molecule is C#CCCN=C(N)Nc1cc(OC)ccc1OC.I. The molecule has 0 aliphatic rings. The number of aliphatic imine (C=N–C) groups is 1. The van der Waals surface area contributed by atoms with Crippen molar-refractivity contribution >= 4 is 35.6 Å². The lowest BCUT2D eigenvalue weighted by molar-refractivity contribution is 0.405. The van der Waals surface area contributed by atoms with Gasteiger partial charge >= 0.3 is 0 Å². The summed E-state index contributed by atoms with van der Waals surface area (Å²) in [6.45, 7) is 0.488. The molecule has 1 aromatic rings. The highest BCUT2D eigenvalue weighted by molar-refractivity contribution is 14.0. The number of rotatable bonds is 5. The summed E-state index contributed by atoms with van der Waals surface area (Å²) < 4.78 is 10.3. The molecular formula is C13H18IN3O2. The quantitative estimate of drug-likeness (QED) is 0.272. The van der Waals surface area contributed by atoms with Gasteiger partial charge in [-0.1, -0.05) is 0 Å². The van der Waals surface area contributed by atoms with Crippen molar-refractivity contribution in [3.05, 3.63) is 18.2 Å². The topological polar surface area (TPSA) is 68.9 Å². The van der Waals surface area contributed by atoms with Gasteiger partial charge in [-0.2, -0.15) is 0 Å². The van der Waals surface area contributed by atoms with Crippen molar-refractivity contribution < 1.29 is 9.47 Å². The fraction of sp³-hybridized carbons (Fsp3) is 0.308. The highest BCUT2D eigenvalue weighted by atomic mass is 127. The van der Waals surface area contributed by atoms with Gasteiger partial charge in [0, 0.05) is 12.5 Å². The van der Waals surface area contributed by atoms with Crippen molar-refractivity contribution in [2.75, 3.05) is 26.1 Å². The van der Waals surface area contributed by atoms with Gasteiger partial charge in [-0.3, -0.25) is 4.99 Å². The lowest BCUT2D eigenvalue weighted by Gasteiger charge is -2.11. The third-order valence-electron chi connectivity index (χ3n) is 2.21. The first-order valence-corrected chi connectivity index (χ1v) is 5.43. The van der Waals surface area contributed by atoms with Gasteiger partial charge in [-0.05, 0) is 12.1 Å². The standard InChI is InChI=1S/C13H17N3O2.HI/c1-4-5-8-15-13(14)16-11-9-10(17-2)6-7-12(11)18-3;/h1,6-7,9H,5,8H2,2-3H3,(H3,14,15,16);1H. The van der Waals surface area contributed by atoms with Gasteiger partial charge in [0.1, 0.15) is 11.5 Å². The molecule has 0 spiro atoms. The first-order chi connectivity index (χ1) is 8.71. The van der Waals surface area contributed by atoms with E-state index >= 15 is 0 Å². The van der Waals surface area contributed by atoms with E-state index in [9.17, 15) is 0 Å². The third kappa shape index (κ3) is 5.70. The Balaban J connectivity index is 0.00000324. The monoisotopic (exact) mass is 375 g/mol. The van der Waals surface area contributed by atoms with E-state index in [1.165, 1.54) is 0 Å². The van der Waals surface area contributed by atoms with E-state index in [1.807, 2.05) is 0 Å². The molecule has 0 amide bonds. The van der Waals surface area contributed by atoms with Crippen LogP contribution < -0.4 is 20.5 Å². The molecule has 0 aliphatic carbocycles. The van der Waals surface area contributed by atoms with E-state index in [4.69, 9.17) is 21.6 Å². The van der Waals surface area contributed by atoms with E-state index in [-0.39, 0.29) is 29.9 Å². The zero-order valence-electron chi connectivity index (χ0n) is 11.0. The van der Waals surface area contributed by atoms with Crippen LogP contribution >= 0.6 is 24.0 Å². The molecule has 0 aromatic heterocycles. The maximum absolute atomic E-state index is 5.74. The smallest absolute Gasteiger partial charge is 0.193 e. The minimum absolute atomic E-state index is 0. The number of ether oxygens (including phenoxy) is 2. The Morgan fingerprint density at radius 2 is 2.16 bits per heavy atom. The van der Waals surface area contributed by atoms with Gasteiger partial charge in [0.2, 0.25) is 0 Å². The number of hydrogen-bond donors (Lipinski definition) is 2. The molecule has 1 rings (SSSR count). The second-order valence-corrected chi connectivity index (χ2v) is 3.41. The molecule has 0 saturated carbocycles. The number of halogens is 1. The second-order valence-electron chi connectivity index (χ2n) is 3.41. The summed E-state index contributed by atoms with van der Waals surface area (Å²) in [6, 6.07) is 5.37. The van der Waals surface area contributed by atoms with E-state index in [0.29, 0.717) is 30.2 Å². The Bertz CT molecular complexity index is 469. The predicted octanol–water partition coefficient (Wildman–Crippen LogP) is 2.07. The van der Waals surface area contributed by atoms with Crippen LogP contribution in [0, 0.1) is 12.3 Å². The Labute approximate surface area is 130 Å². The molecule has 0 fully saturated rings. The molecule has 19 heavy (non-hydrogen) atoms. The number of nitrogens with zero attached hydrogens (tertiary/aromatic N) is 1. The molecular weight excluding hydrogens is 357 g/mol. The molecule has 5 nitrogen and oxygen atoms in total. The molecule has 0 aliphatic heterocycles. The minimum atomic E-state index is 0. The molecule has 6 heteroatoms. The number of benzene rings is 1.